The van der Waals surface area contributed by atoms with E-state index in [4.69, 9.17) is 19.7 Å². The minimum absolute atomic E-state index is 0. The molecule has 1 amide bonds. The number of likely N-dealkylation sites (tertiary alicyclic amines) is 1. The van der Waals surface area contributed by atoms with E-state index in [1.165, 1.54) is 53.4 Å². The Morgan fingerprint density at radius 3 is 1.85 bits per heavy atom. The molecule has 1 fully saturated rings. The normalized spacial score (nSPS) is 15.7. The summed E-state index contributed by atoms with van der Waals surface area (Å²) in [7, 11) is 1.63. The molecule has 0 aromatic rings. The van der Waals surface area contributed by atoms with Gasteiger partial charge in [0.1, 0.15) is 0 Å². The maximum atomic E-state index is 12.1. The smallest absolute Gasteiger partial charge is 0.271 e. The summed E-state index contributed by atoms with van der Waals surface area (Å²) in [6.07, 6.45) is 5.20. The maximum Gasteiger partial charge on any atom is 0.271 e. The first-order chi connectivity index (χ1) is 17.4. The molecule has 0 aromatic carbocycles. The standard InChI is InChI=1S/C18H29N2O4.2C5H8O2.Co/c1-14(21)24-10-8-15(20-9-6-7-16(20)22)11-18(4,13-19)12-17(2,3)23-5;2*1-4(6)3-5(2)7;/h10,15H,6-9,11-12H2,1-5H3;2*3,6H,1-2H3;/q-1;;;/b;4-3+;4-3-;. The number of hydrogen-bond donors (Lipinski definition) is 2. The summed E-state index contributed by atoms with van der Waals surface area (Å²) in [5, 5.41) is 26.4. The fourth-order valence-corrected chi connectivity index (χ4v) is 3.93. The van der Waals surface area contributed by atoms with Gasteiger partial charge in [0, 0.05) is 62.0 Å². The van der Waals surface area contributed by atoms with Gasteiger partial charge in [-0.05, 0) is 67.7 Å². The zero-order valence-electron chi connectivity index (χ0n) is 24.6. The largest absolute Gasteiger partial charge is 0.637 e. The van der Waals surface area contributed by atoms with Crippen LogP contribution in [0.5, 0.6) is 0 Å². The number of amides is 1. The minimum atomic E-state index is -0.642. The van der Waals surface area contributed by atoms with Crippen molar-refractivity contribution in [1.82, 2.24) is 4.90 Å². The first-order valence-corrected chi connectivity index (χ1v) is 12.4. The number of nitriles is 1. The number of allylic oxidation sites excluding steroid dienone is 4. The number of carbonyl (C=O) groups is 4. The van der Waals surface area contributed by atoms with Crippen molar-refractivity contribution in [2.45, 2.75) is 99.1 Å². The summed E-state index contributed by atoms with van der Waals surface area (Å²) >= 11 is 0. The Labute approximate surface area is 243 Å². The Hall–Kier alpha value is -2.68. The van der Waals surface area contributed by atoms with Gasteiger partial charge >= 0.3 is 0 Å². The fourth-order valence-electron chi connectivity index (χ4n) is 3.93. The molecular weight excluding hydrogens is 551 g/mol. The molecule has 0 aromatic heterocycles. The van der Waals surface area contributed by atoms with E-state index in [0.29, 0.717) is 32.2 Å². The molecule has 1 radical (unpaired) electrons. The van der Waals surface area contributed by atoms with Crippen molar-refractivity contribution in [2.75, 3.05) is 13.7 Å². The Balaban J connectivity index is -0.000000711. The van der Waals surface area contributed by atoms with Crippen LogP contribution in [0.3, 0.4) is 0 Å². The van der Waals surface area contributed by atoms with E-state index in [1.807, 2.05) is 25.7 Å². The maximum absolute atomic E-state index is 12.1. The third-order valence-corrected chi connectivity index (χ3v) is 5.32. The summed E-state index contributed by atoms with van der Waals surface area (Å²) < 4.78 is 10.4. The predicted molar refractivity (Wildman–Crippen MR) is 144 cm³/mol. The predicted octanol–water partition coefficient (Wildman–Crippen LogP) is 4.90. The number of methoxy groups -OCH3 is 1. The molecule has 1 aliphatic rings. The van der Waals surface area contributed by atoms with Gasteiger partial charge in [0.15, 0.2) is 11.6 Å². The molecule has 10 nitrogen and oxygen atoms in total. The van der Waals surface area contributed by atoms with E-state index in [2.05, 4.69) is 6.07 Å². The van der Waals surface area contributed by atoms with Crippen molar-refractivity contribution in [1.29, 1.82) is 5.26 Å². The van der Waals surface area contributed by atoms with Crippen molar-refractivity contribution in [3.05, 3.63) is 30.3 Å². The van der Waals surface area contributed by atoms with Crippen LogP contribution in [0.15, 0.2) is 23.7 Å². The van der Waals surface area contributed by atoms with Crippen molar-refractivity contribution in [3.63, 3.8) is 0 Å². The molecule has 11 heteroatoms. The quantitative estimate of drug-likeness (QED) is 0.147. The Morgan fingerprint density at radius 1 is 1.08 bits per heavy atom. The van der Waals surface area contributed by atoms with Crippen molar-refractivity contribution < 1.29 is 55.6 Å². The molecule has 39 heavy (non-hydrogen) atoms. The second-order valence-corrected chi connectivity index (χ2v) is 10.2. The van der Waals surface area contributed by atoms with Crippen LogP contribution in [0.2, 0.25) is 0 Å². The molecule has 2 unspecified atom stereocenters. The Kier molecular flexibility index (Phi) is 21.2. The third kappa shape index (κ3) is 21.9. The van der Waals surface area contributed by atoms with E-state index in [-0.39, 0.29) is 57.8 Å². The van der Waals surface area contributed by atoms with Crippen molar-refractivity contribution in [3.8, 4) is 6.07 Å². The number of aliphatic hydroxyl groups excluding tert-OH is 2. The van der Waals surface area contributed by atoms with Crippen LogP contribution in [0, 0.1) is 23.4 Å². The zero-order chi connectivity index (χ0) is 30.1. The first kappa shape index (κ1) is 40.8. The number of ether oxygens (including phenoxy) is 2. The number of rotatable bonds is 11. The van der Waals surface area contributed by atoms with Crippen LogP contribution in [0.4, 0.5) is 0 Å². The van der Waals surface area contributed by atoms with E-state index >= 15 is 0 Å². The van der Waals surface area contributed by atoms with Gasteiger partial charge < -0.3 is 24.6 Å². The van der Waals surface area contributed by atoms with Crippen molar-refractivity contribution >= 4 is 23.4 Å². The SMILES string of the molecule is CC(=O)/C=C(/C)O.CC(=O)/C=C(\C)O.COC(C)(C)CC(C)(C#N)CC(C[CH-]OC(C)=O)N1CCCC1=O.[Co]. The van der Waals surface area contributed by atoms with E-state index in [1.54, 1.807) is 7.11 Å². The van der Waals surface area contributed by atoms with Crippen LogP contribution in [0.1, 0.15) is 87.5 Å². The molecule has 0 aliphatic carbocycles. The summed E-state index contributed by atoms with van der Waals surface area (Å²) in [6.45, 7) is 15.0. The number of hydrogen-bond acceptors (Lipinski definition) is 9. The summed E-state index contributed by atoms with van der Waals surface area (Å²) in [5.41, 5.74) is -1.07. The van der Waals surface area contributed by atoms with E-state index in [0.717, 1.165) is 6.42 Å². The summed E-state index contributed by atoms with van der Waals surface area (Å²) in [4.78, 5) is 45.0. The molecule has 0 saturated carbocycles. The average Bonchev–Trinajstić information content (AvgIpc) is 3.17. The monoisotopic (exact) mass is 596 g/mol. The van der Waals surface area contributed by atoms with Crippen LogP contribution >= 0.6 is 0 Å². The third-order valence-electron chi connectivity index (χ3n) is 5.32. The number of esters is 1. The van der Waals surface area contributed by atoms with Gasteiger partial charge in [0.25, 0.3) is 5.97 Å². The number of aliphatic hydroxyl groups is 2. The van der Waals surface area contributed by atoms with Gasteiger partial charge in [-0.3, -0.25) is 19.2 Å². The van der Waals surface area contributed by atoms with Gasteiger partial charge in [-0.25, -0.2) is 0 Å². The van der Waals surface area contributed by atoms with Gasteiger partial charge in [0.2, 0.25) is 5.91 Å². The molecule has 0 bridgehead atoms. The number of nitrogens with zero attached hydrogens (tertiary/aromatic N) is 2. The van der Waals surface area contributed by atoms with Crippen LogP contribution in [0.25, 0.3) is 0 Å². The zero-order valence-corrected chi connectivity index (χ0v) is 25.7. The average molecular weight is 597 g/mol. The Morgan fingerprint density at radius 2 is 1.56 bits per heavy atom. The molecule has 0 spiro atoms. The molecule has 1 heterocycles. The summed E-state index contributed by atoms with van der Waals surface area (Å²) in [5.74, 6) is -0.410. The van der Waals surface area contributed by atoms with E-state index < -0.39 is 11.0 Å². The van der Waals surface area contributed by atoms with Crippen LogP contribution in [-0.2, 0) is 45.4 Å². The molecular formula is C28H45CoN2O8-. The molecule has 1 saturated heterocycles. The molecule has 2 atom stereocenters. The minimum Gasteiger partial charge on any atom is -0.637 e. The Bertz CT molecular complexity index is 872. The van der Waals surface area contributed by atoms with Crippen LogP contribution < -0.4 is 0 Å². The molecule has 2 N–H and O–H groups in total. The van der Waals surface area contributed by atoms with Gasteiger partial charge in [-0.1, -0.05) is 0 Å². The number of ketones is 2. The van der Waals surface area contributed by atoms with Crippen LogP contribution in [-0.4, -0.2) is 63.9 Å². The summed E-state index contributed by atoms with van der Waals surface area (Å²) in [6, 6.07) is 2.24. The van der Waals surface area contributed by atoms with E-state index in [9.17, 15) is 24.4 Å². The molecule has 1 aliphatic heterocycles. The number of carbonyl (C=O) groups excluding carboxylic acids is 4. The molecule has 225 valence electrons. The van der Waals surface area contributed by atoms with Gasteiger partial charge in [0.05, 0.1) is 28.6 Å². The molecule has 1 rings (SSSR count). The van der Waals surface area contributed by atoms with Gasteiger partial charge in [-0.15, -0.1) is 6.42 Å². The second kappa shape index (κ2) is 20.3. The second-order valence-electron chi connectivity index (χ2n) is 10.2. The fraction of sp³-hybridized carbons (Fsp3) is 0.643. The van der Waals surface area contributed by atoms with Gasteiger partial charge in [-0.2, -0.15) is 11.9 Å². The first-order valence-electron chi connectivity index (χ1n) is 12.4. The topological polar surface area (TPSA) is 154 Å². The van der Waals surface area contributed by atoms with Crippen molar-refractivity contribution in [2.24, 2.45) is 5.41 Å².